The Bertz CT molecular complexity index is 900. The van der Waals surface area contributed by atoms with E-state index in [4.69, 9.17) is 17.4 Å². The van der Waals surface area contributed by atoms with Crippen molar-refractivity contribution in [2.24, 2.45) is 17.4 Å². The molecule has 2 rings (SSSR count). The highest BCUT2D eigenvalue weighted by molar-refractivity contribution is 5.90. The molecule has 2 aromatic carbocycles. The number of nitrogens with two attached hydrogens (primary N) is 3. The predicted octanol–water partition coefficient (Wildman–Crippen LogP) is 1.25. The molecule has 0 atom stereocenters. The standard InChI is InChI=1S/C13H12N6O7/c14-13(15)8-7(6-4-2-1-3-5-6)9(17(20)21)10(18(22)23)11(19(24)25)12(8)26-16/h1-5,13H,14-16H2. The molecule has 0 fully saturated rings. The van der Waals surface area contributed by atoms with Gasteiger partial charge >= 0.3 is 17.1 Å². The maximum atomic E-state index is 11.6. The van der Waals surface area contributed by atoms with Crippen LogP contribution in [0, 0.1) is 30.3 Å². The van der Waals surface area contributed by atoms with E-state index in [1.807, 2.05) is 0 Å². The first-order valence-electron chi connectivity index (χ1n) is 6.82. The summed E-state index contributed by atoms with van der Waals surface area (Å²) in [5.41, 5.74) is 6.74. The molecule has 13 heteroatoms. The molecule has 26 heavy (non-hydrogen) atoms. The third kappa shape index (κ3) is 3.00. The highest BCUT2D eigenvalue weighted by atomic mass is 16.7. The Morgan fingerprint density at radius 2 is 1.35 bits per heavy atom. The maximum absolute atomic E-state index is 11.6. The number of benzene rings is 2. The predicted molar refractivity (Wildman–Crippen MR) is 87.8 cm³/mol. The second-order valence-corrected chi connectivity index (χ2v) is 4.94. The van der Waals surface area contributed by atoms with Crippen molar-refractivity contribution < 1.29 is 19.6 Å². The maximum Gasteiger partial charge on any atom is 0.427 e. The van der Waals surface area contributed by atoms with Gasteiger partial charge in [0.15, 0.2) is 0 Å². The molecule has 6 N–H and O–H groups in total. The molecule has 136 valence electrons. The highest BCUT2D eigenvalue weighted by Gasteiger charge is 2.46. The first-order valence-corrected chi connectivity index (χ1v) is 6.82. The normalized spacial score (nSPS) is 10.6. The first-order chi connectivity index (χ1) is 12.2. The van der Waals surface area contributed by atoms with E-state index >= 15 is 0 Å². The number of rotatable bonds is 6. The Labute approximate surface area is 144 Å². The lowest BCUT2D eigenvalue weighted by atomic mass is 9.93. The van der Waals surface area contributed by atoms with Crippen molar-refractivity contribution in [1.82, 2.24) is 0 Å². The summed E-state index contributed by atoms with van der Waals surface area (Å²) in [5.74, 6) is 4.24. The fourth-order valence-electron chi connectivity index (χ4n) is 2.56. The molecule has 0 unspecified atom stereocenters. The molecule has 0 amide bonds. The Kier molecular flexibility index (Phi) is 5.06. The van der Waals surface area contributed by atoms with Crippen LogP contribution in [0.3, 0.4) is 0 Å². The third-order valence-corrected chi connectivity index (χ3v) is 3.48. The molecular formula is C13H12N6O7. The minimum Gasteiger partial charge on any atom is -0.403 e. The van der Waals surface area contributed by atoms with Crippen LogP contribution in [0.15, 0.2) is 30.3 Å². The van der Waals surface area contributed by atoms with Crippen molar-refractivity contribution >= 4 is 17.1 Å². The quantitative estimate of drug-likeness (QED) is 0.378. The molecule has 0 bridgehead atoms. The zero-order valence-electron chi connectivity index (χ0n) is 12.9. The van der Waals surface area contributed by atoms with Gasteiger partial charge in [-0.25, -0.2) is 0 Å². The molecule has 0 aliphatic rings. The molecule has 2 aromatic rings. The average molecular weight is 364 g/mol. The molecule has 0 aliphatic carbocycles. The van der Waals surface area contributed by atoms with Gasteiger partial charge in [-0.3, -0.25) is 30.3 Å². The van der Waals surface area contributed by atoms with Crippen LogP contribution in [0.5, 0.6) is 5.75 Å². The molecule has 0 aromatic heterocycles. The lowest BCUT2D eigenvalue weighted by Gasteiger charge is -2.16. The monoisotopic (exact) mass is 364 g/mol. The zero-order valence-corrected chi connectivity index (χ0v) is 12.9. The van der Waals surface area contributed by atoms with Crippen LogP contribution < -0.4 is 22.2 Å². The molecule has 0 spiro atoms. The van der Waals surface area contributed by atoms with Crippen LogP contribution >= 0.6 is 0 Å². The van der Waals surface area contributed by atoms with E-state index in [0.29, 0.717) is 0 Å². The van der Waals surface area contributed by atoms with Gasteiger partial charge in [0.05, 0.1) is 32.1 Å². The van der Waals surface area contributed by atoms with Gasteiger partial charge < -0.3 is 16.3 Å². The summed E-state index contributed by atoms with van der Waals surface area (Å²) < 4.78 is 0. The summed E-state index contributed by atoms with van der Waals surface area (Å²) in [6, 6.07) is 7.38. The Hall–Kier alpha value is -3.68. The number of nitro benzene ring substituents is 3. The number of hydrogen-bond acceptors (Lipinski definition) is 10. The molecule has 0 heterocycles. The van der Waals surface area contributed by atoms with Gasteiger partial charge in [-0.2, -0.15) is 5.90 Å². The minimum absolute atomic E-state index is 0.117. The number of nitrogens with zero attached hydrogens (tertiary/aromatic N) is 3. The lowest BCUT2D eigenvalue weighted by molar-refractivity contribution is -0.441. The Balaban J connectivity index is 3.21. The summed E-state index contributed by atoms with van der Waals surface area (Å²) in [5, 5.41) is 34.4. The van der Waals surface area contributed by atoms with E-state index in [1.165, 1.54) is 24.3 Å². The van der Waals surface area contributed by atoms with E-state index in [1.54, 1.807) is 6.07 Å². The molecule has 0 aliphatic heterocycles. The fraction of sp³-hybridized carbons (Fsp3) is 0.0769. The van der Waals surface area contributed by atoms with E-state index in [0.717, 1.165) is 0 Å². The smallest absolute Gasteiger partial charge is 0.403 e. The van der Waals surface area contributed by atoms with E-state index < -0.39 is 49.3 Å². The Morgan fingerprint density at radius 3 is 1.73 bits per heavy atom. The second kappa shape index (κ2) is 7.06. The summed E-state index contributed by atoms with van der Waals surface area (Å²) >= 11 is 0. The fourth-order valence-corrected chi connectivity index (χ4v) is 2.56. The Morgan fingerprint density at radius 1 is 0.846 bits per heavy atom. The van der Waals surface area contributed by atoms with Gasteiger partial charge in [0.25, 0.3) is 0 Å². The highest BCUT2D eigenvalue weighted by Crippen LogP contribution is 2.52. The van der Waals surface area contributed by atoms with Crippen LogP contribution in [0.2, 0.25) is 0 Å². The largest absolute Gasteiger partial charge is 0.427 e. The topological polar surface area (TPSA) is 217 Å². The number of nitro groups is 3. The van der Waals surface area contributed by atoms with Gasteiger partial charge in [-0.15, -0.1) is 0 Å². The van der Waals surface area contributed by atoms with Crippen molar-refractivity contribution in [3.63, 3.8) is 0 Å². The van der Waals surface area contributed by atoms with Crippen LogP contribution in [0.1, 0.15) is 11.7 Å². The zero-order chi connectivity index (χ0) is 19.6. The lowest BCUT2D eigenvalue weighted by Crippen LogP contribution is -2.24. The van der Waals surface area contributed by atoms with Crippen molar-refractivity contribution in [2.75, 3.05) is 0 Å². The summed E-state index contributed by atoms with van der Waals surface area (Å²) in [7, 11) is 0. The van der Waals surface area contributed by atoms with E-state index in [2.05, 4.69) is 4.84 Å². The van der Waals surface area contributed by atoms with E-state index in [9.17, 15) is 30.3 Å². The van der Waals surface area contributed by atoms with Gasteiger partial charge in [0.2, 0.25) is 5.75 Å². The average Bonchev–Trinajstić information content (AvgIpc) is 2.59. The van der Waals surface area contributed by atoms with Gasteiger partial charge in [-0.1, -0.05) is 30.3 Å². The molecule has 13 nitrogen and oxygen atoms in total. The van der Waals surface area contributed by atoms with Gasteiger partial charge in [0.1, 0.15) is 0 Å². The van der Waals surface area contributed by atoms with E-state index in [-0.39, 0.29) is 11.1 Å². The van der Waals surface area contributed by atoms with Crippen LogP contribution in [0.25, 0.3) is 11.1 Å². The molecule has 0 saturated carbocycles. The van der Waals surface area contributed by atoms with Crippen LogP contribution in [0.4, 0.5) is 17.1 Å². The molecule has 0 radical (unpaired) electrons. The van der Waals surface area contributed by atoms with Crippen molar-refractivity contribution in [1.29, 1.82) is 0 Å². The first kappa shape index (κ1) is 18.7. The summed E-state index contributed by atoms with van der Waals surface area (Å²) in [6.07, 6.45) is -1.51. The molecule has 0 saturated heterocycles. The van der Waals surface area contributed by atoms with Gasteiger partial charge in [-0.05, 0) is 5.56 Å². The SMILES string of the molecule is NOc1c(C(N)N)c(-c2ccccc2)c([N+](=O)[O-])c([N+](=O)[O-])c1[N+](=O)[O-]. The number of hydrogen-bond donors (Lipinski definition) is 3. The van der Waals surface area contributed by atoms with Crippen LogP contribution in [-0.4, -0.2) is 14.8 Å². The third-order valence-electron chi connectivity index (χ3n) is 3.48. The summed E-state index contributed by atoms with van der Waals surface area (Å²) in [4.78, 5) is 35.3. The van der Waals surface area contributed by atoms with Gasteiger partial charge in [0, 0.05) is 0 Å². The van der Waals surface area contributed by atoms with Crippen molar-refractivity contribution in [3.05, 3.63) is 66.2 Å². The minimum atomic E-state index is -1.51. The van der Waals surface area contributed by atoms with Crippen molar-refractivity contribution in [2.45, 2.75) is 6.17 Å². The summed E-state index contributed by atoms with van der Waals surface area (Å²) in [6.45, 7) is 0. The van der Waals surface area contributed by atoms with Crippen molar-refractivity contribution in [3.8, 4) is 16.9 Å². The second-order valence-electron chi connectivity index (χ2n) is 4.94. The van der Waals surface area contributed by atoms with Crippen LogP contribution in [-0.2, 0) is 0 Å². The molecular weight excluding hydrogens is 352 g/mol.